The van der Waals surface area contributed by atoms with E-state index in [1.807, 2.05) is 6.92 Å². The molecule has 1 aromatic carbocycles. The van der Waals surface area contributed by atoms with E-state index in [0.29, 0.717) is 25.1 Å². The van der Waals surface area contributed by atoms with Crippen molar-refractivity contribution >= 4 is 21.8 Å². The van der Waals surface area contributed by atoms with E-state index >= 15 is 0 Å². The first-order valence-electron chi connectivity index (χ1n) is 5.92. The van der Waals surface area contributed by atoms with Crippen molar-refractivity contribution in [2.45, 2.75) is 25.4 Å². The molecule has 1 heterocycles. The number of carbonyl (C=O) groups is 1. The molecule has 98 valence electrons. The lowest BCUT2D eigenvalue weighted by molar-refractivity contribution is -0.0860. The van der Waals surface area contributed by atoms with E-state index in [1.165, 1.54) is 17.0 Å². The summed E-state index contributed by atoms with van der Waals surface area (Å²) >= 11 is 3.08. The number of halogens is 2. The molecule has 0 aromatic heterocycles. The molecule has 0 bridgehead atoms. The quantitative estimate of drug-likeness (QED) is 0.931. The van der Waals surface area contributed by atoms with Gasteiger partial charge in [-0.25, -0.2) is 4.39 Å². The van der Waals surface area contributed by atoms with Gasteiger partial charge >= 0.3 is 0 Å². The van der Waals surface area contributed by atoms with Gasteiger partial charge in [-0.05, 0) is 34.5 Å². The first-order chi connectivity index (χ1) is 8.47. The normalized spacial score (nSPS) is 17.4. The lowest BCUT2D eigenvalue weighted by Crippen LogP contribution is -2.63. The Kier molecular flexibility index (Phi) is 3.73. The lowest BCUT2D eigenvalue weighted by Gasteiger charge is -2.46. The lowest BCUT2D eigenvalue weighted by atomic mass is 9.89. The Bertz CT molecular complexity index is 472. The van der Waals surface area contributed by atoms with Gasteiger partial charge in [-0.1, -0.05) is 19.4 Å². The fraction of sp³-hybridized carbons (Fsp3) is 0.462. The molecule has 0 atom stereocenters. The SMILES string of the molecule is CCCC1(O)CN(C(=O)c2cccc(F)c2Br)C1. The van der Waals surface area contributed by atoms with Gasteiger partial charge in [-0.15, -0.1) is 0 Å². The van der Waals surface area contributed by atoms with E-state index in [-0.39, 0.29) is 10.4 Å². The molecule has 1 N–H and O–H groups in total. The fourth-order valence-corrected chi connectivity index (χ4v) is 2.70. The van der Waals surface area contributed by atoms with Crippen LogP contribution in [0.2, 0.25) is 0 Å². The standard InChI is InChI=1S/C13H15BrFNO2/c1-2-6-13(18)7-16(8-13)12(17)9-4-3-5-10(15)11(9)14/h3-5,18H,2,6-8H2,1H3. The van der Waals surface area contributed by atoms with Gasteiger partial charge in [0.05, 0.1) is 28.7 Å². The predicted octanol–water partition coefficient (Wildman–Crippen LogP) is 2.58. The zero-order chi connectivity index (χ0) is 13.3. The number of aliphatic hydroxyl groups is 1. The van der Waals surface area contributed by atoms with Gasteiger partial charge in [-0.2, -0.15) is 0 Å². The Morgan fingerprint density at radius 2 is 2.22 bits per heavy atom. The van der Waals surface area contributed by atoms with E-state index in [0.717, 1.165) is 6.42 Å². The smallest absolute Gasteiger partial charge is 0.255 e. The van der Waals surface area contributed by atoms with Crippen molar-refractivity contribution in [3.63, 3.8) is 0 Å². The number of benzene rings is 1. The van der Waals surface area contributed by atoms with Crippen LogP contribution in [0.5, 0.6) is 0 Å². The first kappa shape index (κ1) is 13.5. The number of β-amino-alcohol motifs (C(OH)–C–C–N with tert-alkyl or cyclic N) is 1. The molecule has 0 aliphatic carbocycles. The van der Waals surface area contributed by atoms with Gasteiger partial charge in [0.25, 0.3) is 5.91 Å². The zero-order valence-corrected chi connectivity index (χ0v) is 11.7. The summed E-state index contributed by atoms with van der Waals surface area (Å²) in [5.74, 6) is -0.702. The topological polar surface area (TPSA) is 40.5 Å². The Morgan fingerprint density at radius 3 is 2.83 bits per heavy atom. The van der Waals surface area contributed by atoms with Gasteiger partial charge in [0.15, 0.2) is 0 Å². The summed E-state index contributed by atoms with van der Waals surface area (Å²) in [6.07, 6.45) is 1.56. The Balaban J connectivity index is 2.08. The second-order valence-electron chi connectivity index (χ2n) is 4.74. The summed E-state index contributed by atoms with van der Waals surface area (Å²) < 4.78 is 13.5. The van der Waals surface area contributed by atoms with E-state index in [1.54, 1.807) is 6.07 Å². The summed E-state index contributed by atoms with van der Waals surface area (Å²) in [6.45, 7) is 2.64. The average molecular weight is 316 g/mol. The van der Waals surface area contributed by atoms with E-state index in [2.05, 4.69) is 15.9 Å². The number of rotatable bonds is 3. The second kappa shape index (κ2) is 4.97. The minimum atomic E-state index is -0.760. The molecular formula is C13H15BrFNO2. The van der Waals surface area contributed by atoms with E-state index in [9.17, 15) is 14.3 Å². The highest BCUT2D eigenvalue weighted by Crippen LogP contribution is 2.29. The van der Waals surface area contributed by atoms with Crippen LogP contribution < -0.4 is 0 Å². The first-order valence-corrected chi connectivity index (χ1v) is 6.72. The van der Waals surface area contributed by atoms with Crippen LogP contribution in [0.15, 0.2) is 22.7 Å². The molecule has 1 aromatic rings. The fourth-order valence-electron chi connectivity index (χ4n) is 2.27. The molecule has 1 fully saturated rings. The van der Waals surface area contributed by atoms with Gasteiger partial charge in [0.2, 0.25) is 0 Å². The number of nitrogens with zero attached hydrogens (tertiary/aromatic N) is 1. The molecule has 0 spiro atoms. The maximum Gasteiger partial charge on any atom is 0.255 e. The van der Waals surface area contributed by atoms with Crippen molar-refractivity contribution in [2.24, 2.45) is 0 Å². The molecule has 0 unspecified atom stereocenters. The van der Waals surface area contributed by atoms with Gasteiger partial charge in [0.1, 0.15) is 5.82 Å². The molecule has 3 nitrogen and oxygen atoms in total. The highest BCUT2D eigenvalue weighted by molar-refractivity contribution is 9.10. The molecule has 18 heavy (non-hydrogen) atoms. The van der Waals surface area contributed by atoms with Crippen LogP contribution in [-0.2, 0) is 0 Å². The number of likely N-dealkylation sites (tertiary alicyclic amines) is 1. The van der Waals surface area contributed by atoms with Crippen LogP contribution in [0, 0.1) is 5.82 Å². The summed E-state index contributed by atoms with van der Waals surface area (Å²) in [5.41, 5.74) is -0.460. The van der Waals surface area contributed by atoms with E-state index < -0.39 is 11.4 Å². The maximum atomic E-state index is 13.3. The number of amides is 1. The molecular weight excluding hydrogens is 301 g/mol. The van der Waals surface area contributed by atoms with Crippen LogP contribution in [-0.4, -0.2) is 34.6 Å². The van der Waals surface area contributed by atoms with Crippen LogP contribution in [0.3, 0.4) is 0 Å². The Hall–Kier alpha value is -0.940. The van der Waals surface area contributed by atoms with Gasteiger partial charge in [-0.3, -0.25) is 4.79 Å². The van der Waals surface area contributed by atoms with Crippen LogP contribution in [0.4, 0.5) is 4.39 Å². The highest BCUT2D eigenvalue weighted by atomic mass is 79.9. The molecule has 1 aliphatic heterocycles. The monoisotopic (exact) mass is 315 g/mol. The third-order valence-electron chi connectivity index (χ3n) is 3.15. The van der Waals surface area contributed by atoms with Crippen molar-refractivity contribution in [1.29, 1.82) is 0 Å². The third-order valence-corrected chi connectivity index (χ3v) is 3.96. The molecule has 0 radical (unpaired) electrons. The minimum absolute atomic E-state index is 0.181. The predicted molar refractivity (Wildman–Crippen MR) is 69.9 cm³/mol. The highest BCUT2D eigenvalue weighted by Gasteiger charge is 2.43. The van der Waals surface area contributed by atoms with Crippen molar-refractivity contribution in [3.8, 4) is 0 Å². The van der Waals surface area contributed by atoms with E-state index in [4.69, 9.17) is 0 Å². The summed E-state index contributed by atoms with van der Waals surface area (Å²) in [6, 6.07) is 4.38. The maximum absolute atomic E-state index is 13.3. The Morgan fingerprint density at radius 1 is 1.56 bits per heavy atom. The minimum Gasteiger partial charge on any atom is -0.386 e. The van der Waals surface area contributed by atoms with Gasteiger partial charge < -0.3 is 10.0 Å². The summed E-state index contributed by atoms with van der Waals surface area (Å²) in [4.78, 5) is 13.6. The number of hydrogen-bond acceptors (Lipinski definition) is 2. The van der Waals surface area contributed by atoms with Crippen molar-refractivity contribution in [3.05, 3.63) is 34.1 Å². The Labute approximate surface area is 114 Å². The molecule has 1 saturated heterocycles. The second-order valence-corrected chi connectivity index (χ2v) is 5.53. The third kappa shape index (κ3) is 2.42. The van der Waals surface area contributed by atoms with Crippen molar-refractivity contribution in [2.75, 3.05) is 13.1 Å². The van der Waals surface area contributed by atoms with Crippen molar-refractivity contribution < 1.29 is 14.3 Å². The van der Waals surface area contributed by atoms with Crippen molar-refractivity contribution in [1.82, 2.24) is 4.90 Å². The van der Waals surface area contributed by atoms with Crippen LogP contribution >= 0.6 is 15.9 Å². The summed E-state index contributed by atoms with van der Waals surface area (Å²) in [7, 11) is 0. The number of carbonyl (C=O) groups excluding carboxylic acids is 1. The molecule has 0 saturated carbocycles. The largest absolute Gasteiger partial charge is 0.386 e. The summed E-state index contributed by atoms with van der Waals surface area (Å²) in [5, 5.41) is 10.0. The zero-order valence-electron chi connectivity index (χ0n) is 10.1. The molecule has 1 aliphatic rings. The molecule has 2 rings (SSSR count). The number of hydrogen-bond donors (Lipinski definition) is 1. The van der Waals surface area contributed by atoms with Crippen LogP contribution in [0.1, 0.15) is 30.1 Å². The van der Waals surface area contributed by atoms with Gasteiger partial charge in [0, 0.05) is 0 Å². The average Bonchev–Trinajstić information content (AvgIpc) is 2.29. The molecule has 1 amide bonds. The van der Waals surface area contributed by atoms with Crippen LogP contribution in [0.25, 0.3) is 0 Å². The molecule has 5 heteroatoms.